The van der Waals surface area contributed by atoms with Crippen molar-refractivity contribution in [1.82, 2.24) is 9.80 Å². The molecule has 2 aliphatic heterocycles. The number of rotatable bonds is 3. The van der Waals surface area contributed by atoms with E-state index in [1.807, 2.05) is 24.0 Å². The lowest BCUT2D eigenvalue weighted by Crippen LogP contribution is -2.58. The summed E-state index contributed by atoms with van der Waals surface area (Å²) in [6, 6.07) is 7.85. The molecule has 2 saturated heterocycles. The molecule has 0 unspecified atom stereocenters. The molecule has 2 amide bonds. The van der Waals surface area contributed by atoms with Gasteiger partial charge in [-0.15, -0.1) is 0 Å². The molecule has 0 spiro atoms. The van der Waals surface area contributed by atoms with E-state index in [4.69, 9.17) is 4.74 Å². The molecule has 1 atom stereocenters. The van der Waals surface area contributed by atoms with E-state index in [1.54, 1.807) is 4.90 Å². The molecule has 0 N–H and O–H groups in total. The van der Waals surface area contributed by atoms with E-state index < -0.39 is 0 Å². The Labute approximate surface area is 143 Å². The number of carbonyl (C=O) groups is 2. The van der Waals surface area contributed by atoms with Gasteiger partial charge in [-0.2, -0.15) is 0 Å². The van der Waals surface area contributed by atoms with Crippen LogP contribution in [0.1, 0.15) is 30.9 Å². The zero-order chi connectivity index (χ0) is 17.1. The van der Waals surface area contributed by atoms with Gasteiger partial charge in [0.15, 0.2) is 0 Å². The standard InChI is InChI=1S/C19H26N2O3/c1-14-4-3-5-16(12-14)13-20-8-9-21(15(2)18(20)22)19(23)17-6-10-24-11-7-17/h3-5,12,15,17H,6-11,13H2,1-2H3/t15-/m0/s1. The van der Waals surface area contributed by atoms with Crippen LogP contribution in [-0.4, -0.2) is 54.0 Å². The fourth-order valence-electron chi connectivity index (χ4n) is 3.60. The Kier molecular flexibility index (Phi) is 5.19. The number of hydrogen-bond donors (Lipinski definition) is 0. The van der Waals surface area contributed by atoms with Crippen molar-refractivity contribution < 1.29 is 14.3 Å². The summed E-state index contributed by atoms with van der Waals surface area (Å²) in [5, 5.41) is 0. The molecule has 0 aliphatic carbocycles. The average molecular weight is 330 g/mol. The van der Waals surface area contributed by atoms with Crippen LogP contribution >= 0.6 is 0 Å². The lowest BCUT2D eigenvalue weighted by Gasteiger charge is -2.41. The number of nitrogens with zero attached hydrogens (tertiary/aromatic N) is 2. The van der Waals surface area contributed by atoms with Crippen LogP contribution in [0, 0.1) is 12.8 Å². The summed E-state index contributed by atoms with van der Waals surface area (Å²) in [7, 11) is 0. The zero-order valence-corrected chi connectivity index (χ0v) is 14.5. The first-order valence-corrected chi connectivity index (χ1v) is 8.79. The Morgan fingerprint density at radius 3 is 2.71 bits per heavy atom. The van der Waals surface area contributed by atoms with Crippen molar-refractivity contribution in [2.24, 2.45) is 5.92 Å². The van der Waals surface area contributed by atoms with Gasteiger partial charge in [0.25, 0.3) is 0 Å². The van der Waals surface area contributed by atoms with Crippen molar-refractivity contribution in [1.29, 1.82) is 0 Å². The number of aryl methyl sites for hydroxylation is 1. The average Bonchev–Trinajstić information content (AvgIpc) is 2.59. The molecule has 3 rings (SSSR count). The lowest BCUT2D eigenvalue weighted by molar-refractivity contribution is -0.154. The Morgan fingerprint density at radius 1 is 1.25 bits per heavy atom. The van der Waals surface area contributed by atoms with Crippen molar-refractivity contribution in [3.63, 3.8) is 0 Å². The minimum atomic E-state index is -0.376. The summed E-state index contributed by atoms with van der Waals surface area (Å²) in [5.74, 6) is 0.176. The molecule has 5 heteroatoms. The fraction of sp³-hybridized carbons (Fsp3) is 0.579. The van der Waals surface area contributed by atoms with E-state index in [-0.39, 0.29) is 23.8 Å². The van der Waals surface area contributed by atoms with Crippen LogP contribution in [0.5, 0.6) is 0 Å². The maximum atomic E-state index is 12.7. The SMILES string of the molecule is Cc1cccc(CN2CCN(C(=O)C3CCOCC3)[C@@H](C)C2=O)c1. The molecule has 1 aromatic carbocycles. The molecule has 5 nitrogen and oxygen atoms in total. The van der Waals surface area contributed by atoms with E-state index in [0.29, 0.717) is 32.8 Å². The Bertz CT molecular complexity index is 610. The van der Waals surface area contributed by atoms with Crippen LogP contribution in [0.4, 0.5) is 0 Å². The molecular weight excluding hydrogens is 304 g/mol. The molecule has 0 radical (unpaired) electrons. The van der Waals surface area contributed by atoms with E-state index >= 15 is 0 Å². The quantitative estimate of drug-likeness (QED) is 0.851. The Hall–Kier alpha value is -1.88. The summed E-state index contributed by atoms with van der Waals surface area (Å²) in [6.45, 7) is 7.03. The monoisotopic (exact) mass is 330 g/mol. The number of carbonyl (C=O) groups excluding carboxylic acids is 2. The number of piperazine rings is 1. The first-order valence-electron chi connectivity index (χ1n) is 8.79. The van der Waals surface area contributed by atoms with Gasteiger partial charge in [0.2, 0.25) is 11.8 Å². The zero-order valence-electron chi connectivity index (χ0n) is 14.5. The predicted octanol–water partition coefficient (Wildman–Crippen LogP) is 1.98. The molecule has 24 heavy (non-hydrogen) atoms. The Morgan fingerprint density at radius 2 is 2.00 bits per heavy atom. The third-order valence-electron chi connectivity index (χ3n) is 5.06. The van der Waals surface area contributed by atoms with Gasteiger partial charge in [0, 0.05) is 38.8 Å². The van der Waals surface area contributed by atoms with Crippen LogP contribution in [0.25, 0.3) is 0 Å². The molecule has 2 fully saturated rings. The van der Waals surface area contributed by atoms with Crippen molar-refractivity contribution in [3.05, 3.63) is 35.4 Å². The van der Waals surface area contributed by atoms with Crippen LogP contribution in [-0.2, 0) is 20.9 Å². The summed E-state index contributed by atoms with van der Waals surface area (Å²) in [5.41, 5.74) is 2.33. The van der Waals surface area contributed by atoms with Crippen LogP contribution in [0.15, 0.2) is 24.3 Å². The van der Waals surface area contributed by atoms with Crippen molar-refractivity contribution in [3.8, 4) is 0 Å². The van der Waals surface area contributed by atoms with Crippen molar-refractivity contribution in [2.75, 3.05) is 26.3 Å². The smallest absolute Gasteiger partial charge is 0.245 e. The summed E-state index contributed by atoms with van der Waals surface area (Å²) >= 11 is 0. The molecule has 0 bridgehead atoms. The van der Waals surface area contributed by atoms with E-state index in [2.05, 4.69) is 19.1 Å². The summed E-state index contributed by atoms with van der Waals surface area (Å²) in [6.07, 6.45) is 1.53. The fourth-order valence-corrected chi connectivity index (χ4v) is 3.60. The normalized spacial score (nSPS) is 22.8. The molecule has 130 valence electrons. The maximum Gasteiger partial charge on any atom is 0.245 e. The molecule has 0 aromatic heterocycles. The van der Waals surface area contributed by atoms with Gasteiger partial charge in [-0.1, -0.05) is 29.8 Å². The first-order chi connectivity index (χ1) is 11.6. The maximum absolute atomic E-state index is 12.7. The molecule has 2 aliphatic rings. The van der Waals surface area contributed by atoms with E-state index in [0.717, 1.165) is 18.4 Å². The van der Waals surface area contributed by atoms with Crippen LogP contribution in [0.2, 0.25) is 0 Å². The molecule has 1 aromatic rings. The number of amides is 2. The number of ether oxygens (including phenoxy) is 1. The highest BCUT2D eigenvalue weighted by atomic mass is 16.5. The number of benzene rings is 1. The highest BCUT2D eigenvalue weighted by molar-refractivity contribution is 5.89. The predicted molar refractivity (Wildman–Crippen MR) is 91.3 cm³/mol. The Balaban J connectivity index is 1.63. The minimum absolute atomic E-state index is 0.0114. The topological polar surface area (TPSA) is 49.9 Å². The van der Waals surface area contributed by atoms with Crippen molar-refractivity contribution in [2.45, 2.75) is 39.3 Å². The molecule has 0 saturated carbocycles. The van der Waals surface area contributed by atoms with Gasteiger partial charge in [-0.25, -0.2) is 0 Å². The van der Waals surface area contributed by atoms with Gasteiger partial charge < -0.3 is 14.5 Å². The van der Waals surface area contributed by atoms with Gasteiger partial charge in [0.1, 0.15) is 6.04 Å². The van der Waals surface area contributed by atoms with Crippen molar-refractivity contribution >= 4 is 11.8 Å². The van der Waals surface area contributed by atoms with Gasteiger partial charge in [0.05, 0.1) is 0 Å². The first kappa shape index (κ1) is 17.0. The van der Waals surface area contributed by atoms with Gasteiger partial charge in [-0.3, -0.25) is 9.59 Å². The summed E-state index contributed by atoms with van der Waals surface area (Å²) < 4.78 is 5.33. The lowest BCUT2D eigenvalue weighted by atomic mass is 9.97. The van der Waals surface area contributed by atoms with E-state index in [1.165, 1.54) is 5.56 Å². The summed E-state index contributed by atoms with van der Waals surface area (Å²) in [4.78, 5) is 29.1. The second kappa shape index (κ2) is 7.34. The molecular formula is C19H26N2O3. The van der Waals surface area contributed by atoms with Gasteiger partial charge >= 0.3 is 0 Å². The van der Waals surface area contributed by atoms with Gasteiger partial charge in [-0.05, 0) is 32.3 Å². The minimum Gasteiger partial charge on any atom is -0.381 e. The second-order valence-corrected chi connectivity index (χ2v) is 6.84. The highest BCUT2D eigenvalue weighted by Gasteiger charge is 2.37. The third-order valence-corrected chi connectivity index (χ3v) is 5.06. The van der Waals surface area contributed by atoms with Crippen LogP contribution < -0.4 is 0 Å². The van der Waals surface area contributed by atoms with E-state index in [9.17, 15) is 9.59 Å². The second-order valence-electron chi connectivity index (χ2n) is 6.84. The largest absolute Gasteiger partial charge is 0.381 e. The molecule has 2 heterocycles. The highest BCUT2D eigenvalue weighted by Crippen LogP contribution is 2.22. The number of hydrogen-bond acceptors (Lipinski definition) is 3. The van der Waals surface area contributed by atoms with Crippen LogP contribution in [0.3, 0.4) is 0 Å². The third kappa shape index (κ3) is 3.61.